The number of piperazine rings is 1. The smallest absolute Gasteiger partial charge is 0.0900 e. The first kappa shape index (κ1) is 14.8. The van der Waals surface area contributed by atoms with Gasteiger partial charge in [0.25, 0.3) is 0 Å². The van der Waals surface area contributed by atoms with E-state index in [1.165, 1.54) is 0 Å². The van der Waals surface area contributed by atoms with Crippen molar-refractivity contribution in [3.63, 3.8) is 0 Å². The second-order valence-electron chi connectivity index (χ2n) is 4.81. The summed E-state index contributed by atoms with van der Waals surface area (Å²) in [6.45, 7) is 5.42. The number of halogens is 1. The van der Waals surface area contributed by atoms with E-state index in [1.807, 2.05) is 24.3 Å². The predicted octanol–water partition coefficient (Wildman–Crippen LogP) is 1.12. The van der Waals surface area contributed by atoms with E-state index >= 15 is 0 Å². The monoisotopic (exact) mass is 284 g/mol. The summed E-state index contributed by atoms with van der Waals surface area (Å²) in [4.78, 5) is 2.25. The molecule has 0 radical (unpaired) electrons. The summed E-state index contributed by atoms with van der Waals surface area (Å²) in [5.41, 5.74) is 0.957. The van der Waals surface area contributed by atoms with Gasteiger partial charge in [-0.3, -0.25) is 4.90 Å². The van der Waals surface area contributed by atoms with Crippen LogP contribution in [0.1, 0.15) is 5.56 Å². The van der Waals surface area contributed by atoms with E-state index in [9.17, 15) is 5.11 Å². The molecule has 0 aromatic heterocycles. The number of nitrogens with zero attached hydrogens (tertiary/aromatic N) is 1. The van der Waals surface area contributed by atoms with Gasteiger partial charge in [0.1, 0.15) is 0 Å². The number of rotatable bonds is 6. The Morgan fingerprint density at radius 3 is 2.79 bits per heavy atom. The third-order valence-corrected chi connectivity index (χ3v) is 3.57. The molecule has 1 fully saturated rings. The lowest BCUT2D eigenvalue weighted by molar-refractivity contribution is 0.00825. The Morgan fingerprint density at radius 1 is 1.32 bits per heavy atom. The van der Waals surface area contributed by atoms with Crippen LogP contribution >= 0.6 is 11.6 Å². The van der Waals surface area contributed by atoms with E-state index < -0.39 is 6.10 Å². The molecule has 1 atom stereocenters. The fraction of sp³-hybridized carbons (Fsp3) is 0.571. The number of β-amino-alcohol motifs (C(OH)–C–C–N with tert-alkyl or cyclic N) is 1. The van der Waals surface area contributed by atoms with Gasteiger partial charge in [0.05, 0.1) is 19.3 Å². The first-order valence-corrected chi connectivity index (χ1v) is 7.06. The Hall–Kier alpha value is -0.650. The van der Waals surface area contributed by atoms with Gasteiger partial charge in [-0.1, -0.05) is 29.8 Å². The Balaban J connectivity index is 1.66. The summed E-state index contributed by atoms with van der Waals surface area (Å²) in [6, 6.07) is 7.61. The standard InChI is InChI=1S/C14H21ClN2O2/c15-14-4-2-1-3-12(14)10-19-11-13(18)9-17-7-5-16-6-8-17/h1-4,13,16,18H,5-11H2. The number of ether oxygens (including phenoxy) is 1. The van der Waals surface area contributed by atoms with E-state index in [4.69, 9.17) is 16.3 Å². The fourth-order valence-corrected chi connectivity index (χ4v) is 2.36. The maximum atomic E-state index is 9.93. The second-order valence-corrected chi connectivity index (χ2v) is 5.22. The van der Waals surface area contributed by atoms with Crippen LogP contribution in [0.2, 0.25) is 5.02 Å². The van der Waals surface area contributed by atoms with Crippen molar-refractivity contribution in [3.05, 3.63) is 34.9 Å². The van der Waals surface area contributed by atoms with E-state index in [0.29, 0.717) is 24.8 Å². The summed E-state index contributed by atoms with van der Waals surface area (Å²) in [6.07, 6.45) is -0.444. The Labute approximate surface area is 119 Å². The van der Waals surface area contributed by atoms with E-state index in [0.717, 1.165) is 31.7 Å². The lowest BCUT2D eigenvalue weighted by atomic mass is 10.2. The molecule has 1 aliphatic rings. The molecule has 106 valence electrons. The highest BCUT2D eigenvalue weighted by atomic mass is 35.5. The molecule has 19 heavy (non-hydrogen) atoms. The number of aliphatic hydroxyl groups is 1. The van der Waals surface area contributed by atoms with Crippen molar-refractivity contribution in [1.29, 1.82) is 0 Å². The van der Waals surface area contributed by atoms with Crippen LogP contribution in [0, 0.1) is 0 Å². The quantitative estimate of drug-likeness (QED) is 0.822. The Morgan fingerprint density at radius 2 is 2.05 bits per heavy atom. The van der Waals surface area contributed by atoms with Gasteiger partial charge < -0.3 is 15.2 Å². The summed E-state index contributed by atoms with van der Waals surface area (Å²) < 4.78 is 5.53. The molecule has 1 aromatic carbocycles. The molecular weight excluding hydrogens is 264 g/mol. The van der Waals surface area contributed by atoms with Crippen LogP contribution in [0.25, 0.3) is 0 Å². The minimum absolute atomic E-state index is 0.342. The molecule has 0 spiro atoms. The van der Waals surface area contributed by atoms with Gasteiger partial charge in [-0.15, -0.1) is 0 Å². The van der Waals surface area contributed by atoms with Crippen LogP contribution in [-0.4, -0.2) is 55.4 Å². The Bertz CT molecular complexity index is 383. The van der Waals surface area contributed by atoms with Gasteiger partial charge in [-0.2, -0.15) is 0 Å². The summed E-state index contributed by atoms with van der Waals surface area (Å²) >= 11 is 6.04. The highest BCUT2D eigenvalue weighted by Gasteiger charge is 2.14. The van der Waals surface area contributed by atoms with Crippen molar-refractivity contribution in [2.75, 3.05) is 39.3 Å². The lowest BCUT2D eigenvalue weighted by Crippen LogP contribution is -2.47. The maximum absolute atomic E-state index is 9.93. The first-order valence-electron chi connectivity index (χ1n) is 6.68. The average Bonchev–Trinajstić information content (AvgIpc) is 2.42. The molecule has 1 saturated heterocycles. The van der Waals surface area contributed by atoms with Gasteiger partial charge in [-0.05, 0) is 11.6 Å². The minimum atomic E-state index is -0.444. The topological polar surface area (TPSA) is 44.7 Å². The number of hydrogen-bond donors (Lipinski definition) is 2. The van der Waals surface area contributed by atoms with E-state index in [1.54, 1.807) is 0 Å². The molecule has 2 rings (SSSR count). The van der Waals surface area contributed by atoms with Crippen molar-refractivity contribution in [2.24, 2.45) is 0 Å². The molecule has 0 amide bonds. The number of benzene rings is 1. The third-order valence-electron chi connectivity index (χ3n) is 3.20. The zero-order chi connectivity index (χ0) is 13.5. The summed E-state index contributed by atoms with van der Waals surface area (Å²) in [7, 11) is 0. The van der Waals surface area contributed by atoms with Gasteiger partial charge in [0, 0.05) is 37.7 Å². The van der Waals surface area contributed by atoms with Crippen LogP contribution in [-0.2, 0) is 11.3 Å². The number of aliphatic hydroxyl groups excluding tert-OH is 1. The van der Waals surface area contributed by atoms with Crippen LogP contribution in [0.5, 0.6) is 0 Å². The second kappa shape index (κ2) is 7.82. The number of hydrogen-bond acceptors (Lipinski definition) is 4. The number of nitrogens with one attached hydrogen (secondary N) is 1. The van der Waals surface area contributed by atoms with Gasteiger partial charge in [-0.25, -0.2) is 0 Å². The van der Waals surface area contributed by atoms with Crippen LogP contribution < -0.4 is 5.32 Å². The third kappa shape index (κ3) is 5.09. The molecular formula is C14H21ClN2O2. The average molecular weight is 285 g/mol. The maximum Gasteiger partial charge on any atom is 0.0900 e. The molecule has 2 N–H and O–H groups in total. The highest BCUT2D eigenvalue weighted by molar-refractivity contribution is 6.31. The van der Waals surface area contributed by atoms with Gasteiger partial charge >= 0.3 is 0 Å². The van der Waals surface area contributed by atoms with Crippen molar-refractivity contribution >= 4 is 11.6 Å². The fourth-order valence-electron chi connectivity index (χ4n) is 2.16. The minimum Gasteiger partial charge on any atom is -0.389 e. The van der Waals surface area contributed by atoms with Crippen LogP contribution in [0.15, 0.2) is 24.3 Å². The molecule has 0 aliphatic carbocycles. The molecule has 1 heterocycles. The summed E-state index contributed by atoms with van der Waals surface area (Å²) in [5, 5.41) is 13.9. The molecule has 1 aromatic rings. The van der Waals surface area contributed by atoms with Crippen molar-refractivity contribution in [1.82, 2.24) is 10.2 Å². The largest absolute Gasteiger partial charge is 0.389 e. The molecule has 4 nitrogen and oxygen atoms in total. The molecule has 0 bridgehead atoms. The normalized spacial score (nSPS) is 18.4. The van der Waals surface area contributed by atoms with E-state index in [-0.39, 0.29) is 0 Å². The first-order chi connectivity index (χ1) is 9.25. The van der Waals surface area contributed by atoms with Gasteiger partial charge in [0.15, 0.2) is 0 Å². The van der Waals surface area contributed by atoms with Gasteiger partial charge in [0.2, 0.25) is 0 Å². The van der Waals surface area contributed by atoms with Crippen molar-refractivity contribution in [2.45, 2.75) is 12.7 Å². The predicted molar refractivity (Wildman–Crippen MR) is 76.4 cm³/mol. The van der Waals surface area contributed by atoms with Crippen molar-refractivity contribution in [3.8, 4) is 0 Å². The zero-order valence-electron chi connectivity index (χ0n) is 11.0. The SMILES string of the molecule is OC(COCc1ccccc1Cl)CN1CCNCC1. The molecule has 1 aliphatic heterocycles. The molecule has 1 unspecified atom stereocenters. The molecule has 0 saturated carbocycles. The van der Waals surface area contributed by atoms with Crippen LogP contribution in [0.4, 0.5) is 0 Å². The zero-order valence-corrected chi connectivity index (χ0v) is 11.8. The Kier molecular flexibility index (Phi) is 6.07. The molecule has 5 heteroatoms. The van der Waals surface area contributed by atoms with Crippen molar-refractivity contribution < 1.29 is 9.84 Å². The highest BCUT2D eigenvalue weighted by Crippen LogP contribution is 2.15. The van der Waals surface area contributed by atoms with Crippen LogP contribution in [0.3, 0.4) is 0 Å². The lowest BCUT2D eigenvalue weighted by Gasteiger charge is -2.28. The van der Waals surface area contributed by atoms with E-state index in [2.05, 4.69) is 10.2 Å². The summed E-state index contributed by atoms with van der Waals surface area (Å²) in [5.74, 6) is 0.